The Kier molecular flexibility index (Phi) is 7.46. The summed E-state index contributed by atoms with van der Waals surface area (Å²) in [5.41, 5.74) is -0.586. The number of anilines is 1. The summed E-state index contributed by atoms with van der Waals surface area (Å²) in [6.45, 7) is 3.20. The van der Waals surface area contributed by atoms with Gasteiger partial charge in [0.25, 0.3) is 5.56 Å². The Bertz CT molecular complexity index is 1200. The van der Waals surface area contributed by atoms with Gasteiger partial charge in [-0.25, -0.2) is 4.39 Å². The minimum absolute atomic E-state index is 0. The molecule has 3 rings (SSSR count). The molecule has 2 aromatic carbocycles. The molecule has 0 unspecified atom stereocenters. The summed E-state index contributed by atoms with van der Waals surface area (Å²) in [5, 5.41) is 12.8. The summed E-state index contributed by atoms with van der Waals surface area (Å²) in [6, 6.07) is 6.84. The average Bonchev–Trinajstić information content (AvgIpc) is 2.69. The standard InChI is InChI=1S/C22H20F4N2O3.CH4/c1-12-3-5-16-15(7-8-28(21(16)31)13(2)11-29)20(12)27-19(30)10-14-4-6-17(18(23)9-14)22(24,25)26;/h3-9,13,29H,10-11H2,1-2H3,(H,27,30);1H4/t13-;/m1./s1. The van der Waals surface area contributed by atoms with Crippen LogP contribution in [-0.2, 0) is 17.4 Å². The molecular weight excluding hydrogens is 428 g/mol. The first-order valence-electron chi connectivity index (χ1n) is 9.43. The maximum Gasteiger partial charge on any atom is 0.419 e. The Labute approximate surface area is 182 Å². The molecule has 0 spiro atoms. The first-order valence-corrected chi connectivity index (χ1v) is 9.43. The molecular formula is C23H24F4N2O3. The number of amides is 1. The highest BCUT2D eigenvalue weighted by Gasteiger charge is 2.34. The van der Waals surface area contributed by atoms with Gasteiger partial charge in [0.1, 0.15) is 5.82 Å². The monoisotopic (exact) mass is 452 g/mol. The number of aliphatic hydroxyl groups is 1. The van der Waals surface area contributed by atoms with Crippen LogP contribution in [0.1, 0.15) is 37.1 Å². The molecule has 3 aromatic rings. The third-order valence-electron chi connectivity index (χ3n) is 5.03. The SMILES string of the molecule is C.Cc1ccc2c(=O)n([C@H](C)CO)ccc2c1NC(=O)Cc1ccc(C(F)(F)F)c(F)c1. The van der Waals surface area contributed by atoms with Gasteiger partial charge in [0.05, 0.1) is 30.3 Å². The van der Waals surface area contributed by atoms with Gasteiger partial charge >= 0.3 is 6.18 Å². The number of aryl methyl sites for hydroxylation is 1. The number of pyridine rings is 1. The molecule has 172 valence electrons. The Hall–Kier alpha value is -3.20. The van der Waals surface area contributed by atoms with Crippen LogP contribution in [0.15, 0.2) is 47.4 Å². The lowest BCUT2D eigenvalue weighted by atomic mass is 10.0. The van der Waals surface area contributed by atoms with Crippen LogP contribution >= 0.6 is 0 Å². The Morgan fingerprint density at radius 3 is 2.44 bits per heavy atom. The molecule has 0 saturated carbocycles. The second-order valence-electron chi connectivity index (χ2n) is 7.32. The van der Waals surface area contributed by atoms with Gasteiger partial charge in [0.15, 0.2) is 0 Å². The number of carbonyl (C=O) groups excluding carboxylic acids is 1. The molecule has 2 N–H and O–H groups in total. The van der Waals surface area contributed by atoms with E-state index in [1.54, 1.807) is 32.0 Å². The number of nitrogens with zero attached hydrogens (tertiary/aromatic N) is 1. The number of halogens is 4. The molecule has 9 heteroatoms. The lowest BCUT2D eigenvalue weighted by Gasteiger charge is -2.16. The Balaban J connectivity index is 0.00000363. The Morgan fingerprint density at radius 2 is 1.84 bits per heavy atom. The van der Waals surface area contributed by atoms with Crippen molar-refractivity contribution in [3.05, 3.63) is 75.5 Å². The molecule has 0 bridgehead atoms. The van der Waals surface area contributed by atoms with Crippen LogP contribution in [-0.4, -0.2) is 22.2 Å². The highest BCUT2D eigenvalue weighted by atomic mass is 19.4. The number of aliphatic hydroxyl groups excluding tert-OH is 1. The van der Waals surface area contributed by atoms with Gasteiger partial charge in [-0.1, -0.05) is 19.6 Å². The van der Waals surface area contributed by atoms with Crippen LogP contribution in [0.25, 0.3) is 10.8 Å². The summed E-state index contributed by atoms with van der Waals surface area (Å²) in [6.07, 6.45) is -3.64. The van der Waals surface area contributed by atoms with Crippen molar-refractivity contribution in [3.63, 3.8) is 0 Å². The van der Waals surface area contributed by atoms with Gasteiger partial charge in [0, 0.05) is 17.0 Å². The topological polar surface area (TPSA) is 71.3 Å². The number of carbonyl (C=O) groups is 1. The molecule has 0 radical (unpaired) electrons. The molecule has 32 heavy (non-hydrogen) atoms. The molecule has 0 aliphatic carbocycles. The van der Waals surface area contributed by atoms with Crippen LogP contribution in [0, 0.1) is 12.7 Å². The second-order valence-corrected chi connectivity index (χ2v) is 7.32. The van der Waals surface area contributed by atoms with Gasteiger partial charge in [-0.2, -0.15) is 13.2 Å². The van der Waals surface area contributed by atoms with Gasteiger partial charge in [-0.05, 0) is 49.2 Å². The van der Waals surface area contributed by atoms with E-state index in [9.17, 15) is 32.3 Å². The number of nitrogens with one attached hydrogen (secondary N) is 1. The summed E-state index contributed by atoms with van der Waals surface area (Å²) in [7, 11) is 0. The minimum atomic E-state index is -4.81. The second kappa shape index (κ2) is 9.52. The predicted octanol–water partition coefficient (Wildman–Crippen LogP) is 4.84. The number of hydrogen-bond acceptors (Lipinski definition) is 3. The van der Waals surface area contributed by atoms with Crippen LogP contribution in [0.4, 0.5) is 23.2 Å². The maximum absolute atomic E-state index is 13.8. The molecule has 1 amide bonds. The first kappa shape index (κ1) is 25.1. The van der Waals surface area contributed by atoms with Gasteiger partial charge in [0.2, 0.25) is 5.91 Å². The zero-order chi connectivity index (χ0) is 22.9. The smallest absolute Gasteiger partial charge is 0.394 e. The van der Waals surface area contributed by atoms with Crippen molar-refractivity contribution in [2.75, 3.05) is 11.9 Å². The fourth-order valence-corrected chi connectivity index (χ4v) is 3.32. The zero-order valence-electron chi connectivity index (χ0n) is 16.8. The van der Waals surface area contributed by atoms with Crippen LogP contribution in [0.5, 0.6) is 0 Å². The third kappa shape index (κ3) is 4.99. The fourth-order valence-electron chi connectivity index (χ4n) is 3.32. The van der Waals surface area contributed by atoms with Crippen molar-refractivity contribution in [1.82, 2.24) is 4.57 Å². The lowest BCUT2D eigenvalue weighted by Crippen LogP contribution is -2.25. The molecule has 1 aromatic heterocycles. The number of alkyl halides is 3. The van der Waals surface area contributed by atoms with E-state index in [1.807, 2.05) is 0 Å². The highest BCUT2D eigenvalue weighted by molar-refractivity contribution is 6.03. The van der Waals surface area contributed by atoms with E-state index in [1.165, 1.54) is 10.8 Å². The van der Waals surface area contributed by atoms with Crippen molar-refractivity contribution in [3.8, 4) is 0 Å². The van der Waals surface area contributed by atoms with Gasteiger partial charge in [-0.3, -0.25) is 9.59 Å². The van der Waals surface area contributed by atoms with E-state index in [2.05, 4.69) is 5.32 Å². The highest BCUT2D eigenvalue weighted by Crippen LogP contribution is 2.32. The molecule has 0 aliphatic rings. The van der Waals surface area contributed by atoms with Crippen molar-refractivity contribution >= 4 is 22.4 Å². The number of benzene rings is 2. The van der Waals surface area contributed by atoms with Crippen LogP contribution < -0.4 is 10.9 Å². The van der Waals surface area contributed by atoms with Crippen molar-refractivity contribution in [1.29, 1.82) is 0 Å². The quantitative estimate of drug-likeness (QED) is 0.545. The van der Waals surface area contributed by atoms with Crippen molar-refractivity contribution in [2.45, 2.75) is 39.9 Å². The van der Waals surface area contributed by atoms with E-state index in [4.69, 9.17) is 0 Å². The summed E-state index contributed by atoms with van der Waals surface area (Å²) in [4.78, 5) is 25.2. The summed E-state index contributed by atoms with van der Waals surface area (Å²) in [5.74, 6) is -2.01. The first-order chi connectivity index (χ1) is 14.5. The van der Waals surface area contributed by atoms with E-state index >= 15 is 0 Å². The zero-order valence-corrected chi connectivity index (χ0v) is 16.8. The molecule has 0 aliphatic heterocycles. The normalized spacial score (nSPS) is 12.3. The number of rotatable bonds is 5. The van der Waals surface area contributed by atoms with Crippen molar-refractivity contribution < 1.29 is 27.5 Å². The summed E-state index contributed by atoms with van der Waals surface area (Å²) < 4.78 is 53.2. The van der Waals surface area contributed by atoms with Crippen molar-refractivity contribution in [2.24, 2.45) is 0 Å². The number of fused-ring (bicyclic) bond motifs is 1. The lowest BCUT2D eigenvalue weighted by molar-refractivity contribution is -0.140. The van der Waals surface area contributed by atoms with Gasteiger partial charge < -0.3 is 15.0 Å². The number of aromatic nitrogens is 1. The fraction of sp³-hybridized carbons (Fsp3) is 0.304. The largest absolute Gasteiger partial charge is 0.419 e. The van der Waals surface area contributed by atoms with E-state index in [0.717, 1.165) is 6.07 Å². The molecule has 1 atom stereocenters. The average molecular weight is 452 g/mol. The maximum atomic E-state index is 13.8. The molecule has 5 nitrogen and oxygen atoms in total. The van der Waals surface area contributed by atoms with Crippen LogP contribution in [0.3, 0.4) is 0 Å². The molecule has 0 saturated heterocycles. The minimum Gasteiger partial charge on any atom is -0.394 e. The predicted molar refractivity (Wildman–Crippen MR) is 115 cm³/mol. The Morgan fingerprint density at radius 1 is 1.16 bits per heavy atom. The van der Waals surface area contributed by atoms with E-state index in [0.29, 0.717) is 34.2 Å². The number of hydrogen-bond donors (Lipinski definition) is 2. The summed E-state index contributed by atoms with van der Waals surface area (Å²) >= 11 is 0. The third-order valence-corrected chi connectivity index (χ3v) is 5.03. The molecule has 0 fully saturated rings. The van der Waals surface area contributed by atoms with E-state index in [-0.39, 0.29) is 31.6 Å². The van der Waals surface area contributed by atoms with Crippen LogP contribution in [0.2, 0.25) is 0 Å². The van der Waals surface area contributed by atoms with E-state index < -0.39 is 29.5 Å². The molecule has 1 heterocycles. The van der Waals surface area contributed by atoms with Gasteiger partial charge in [-0.15, -0.1) is 0 Å².